The van der Waals surface area contributed by atoms with Gasteiger partial charge in [-0.3, -0.25) is 29.2 Å². The van der Waals surface area contributed by atoms with Crippen LogP contribution in [-0.2, 0) is 14.3 Å². The van der Waals surface area contributed by atoms with Crippen molar-refractivity contribution in [3.05, 3.63) is 37.9 Å². The standard InChI is InChI=1S/C17H25ClN4O9S/c1-3-19(6-4-9-23)17(24)14-11-13(21(25)26)12-15(22(27)28)16(14)20(7-5-18)8-10-31-32(2,29)30/h11-12,23H,3-10H2,1-2H3. The Morgan fingerprint density at radius 2 is 1.84 bits per heavy atom. The predicted molar refractivity (Wildman–Crippen MR) is 117 cm³/mol. The van der Waals surface area contributed by atoms with E-state index < -0.39 is 37.2 Å². The largest absolute Gasteiger partial charge is 0.396 e. The summed E-state index contributed by atoms with van der Waals surface area (Å²) in [7, 11) is -3.80. The van der Waals surface area contributed by atoms with Crippen LogP contribution in [0, 0.1) is 20.2 Å². The summed E-state index contributed by atoms with van der Waals surface area (Å²) in [5.41, 5.74) is -1.90. The van der Waals surface area contributed by atoms with E-state index in [9.17, 15) is 33.4 Å². The predicted octanol–water partition coefficient (Wildman–Crippen LogP) is 1.37. The van der Waals surface area contributed by atoms with Gasteiger partial charge in [0.05, 0.1) is 34.3 Å². The van der Waals surface area contributed by atoms with Crippen LogP contribution in [0.15, 0.2) is 12.1 Å². The molecule has 0 spiro atoms. The van der Waals surface area contributed by atoms with E-state index in [0.29, 0.717) is 0 Å². The molecule has 13 nitrogen and oxygen atoms in total. The molecule has 180 valence electrons. The van der Waals surface area contributed by atoms with Crippen LogP contribution in [0.4, 0.5) is 17.1 Å². The van der Waals surface area contributed by atoms with Crippen molar-refractivity contribution in [3.63, 3.8) is 0 Å². The van der Waals surface area contributed by atoms with E-state index in [4.69, 9.17) is 20.9 Å². The number of nitrogens with zero attached hydrogens (tertiary/aromatic N) is 4. The summed E-state index contributed by atoms with van der Waals surface area (Å²) in [5, 5.41) is 32.2. The summed E-state index contributed by atoms with van der Waals surface area (Å²) < 4.78 is 27.2. The molecular formula is C17H25ClN4O9S. The number of alkyl halides is 1. The van der Waals surface area contributed by atoms with E-state index in [1.54, 1.807) is 6.92 Å². The van der Waals surface area contributed by atoms with Gasteiger partial charge in [0.2, 0.25) is 0 Å². The van der Waals surface area contributed by atoms with Gasteiger partial charge in [0.15, 0.2) is 0 Å². The highest BCUT2D eigenvalue weighted by molar-refractivity contribution is 7.85. The molecule has 1 rings (SSSR count). The van der Waals surface area contributed by atoms with Crippen LogP contribution in [0.3, 0.4) is 0 Å². The fourth-order valence-corrected chi connectivity index (χ4v) is 3.50. The fraction of sp³-hybridized carbons (Fsp3) is 0.588. The highest BCUT2D eigenvalue weighted by Crippen LogP contribution is 2.37. The van der Waals surface area contributed by atoms with E-state index in [1.807, 2.05) is 0 Å². The molecule has 1 N–H and O–H groups in total. The fourth-order valence-electron chi connectivity index (χ4n) is 2.92. The Kier molecular flexibility index (Phi) is 10.7. The molecule has 0 aliphatic carbocycles. The lowest BCUT2D eigenvalue weighted by molar-refractivity contribution is -0.393. The zero-order chi connectivity index (χ0) is 24.5. The molecule has 0 aliphatic heterocycles. The van der Waals surface area contributed by atoms with E-state index in [-0.39, 0.29) is 62.9 Å². The number of hydrogen-bond donors (Lipinski definition) is 1. The molecule has 0 aliphatic rings. The summed E-state index contributed by atoms with van der Waals surface area (Å²) in [5.74, 6) is -0.755. The highest BCUT2D eigenvalue weighted by Gasteiger charge is 2.32. The number of halogens is 1. The van der Waals surface area contributed by atoms with Crippen LogP contribution in [0.25, 0.3) is 0 Å². The minimum Gasteiger partial charge on any atom is -0.396 e. The highest BCUT2D eigenvalue weighted by atomic mass is 35.5. The first-order chi connectivity index (χ1) is 15.0. The molecule has 0 unspecified atom stereocenters. The Morgan fingerprint density at radius 1 is 1.19 bits per heavy atom. The summed E-state index contributed by atoms with van der Waals surface area (Å²) in [6.07, 6.45) is 1.07. The van der Waals surface area contributed by atoms with Crippen molar-refractivity contribution in [2.75, 3.05) is 56.4 Å². The van der Waals surface area contributed by atoms with Gasteiger partial charge in [-0.1, -0.05) is 0 Å². The molecule has 1 aromatic rings. The number of aliphatic hydroxyl groups excluding tert-OH is 1. The van der Waals surface area contributed by atoms with Gasteiger partial charge in [-0.15, -0.1) is 11.6 Å². The number of carbonyl (C=O) groups is 1. The molecule has 0 aromatic heterocycles. The molecule has 32 heavy (non-hydrogen) atoms. The molecule has 0 heterocycles. The van der Waals surface area contributed by atoms with Crippen molar-refractivity contribution in [1.29, 1.82) is 0 Å². The van der Waals surface area contributed by atoms with Crippen LogP contribution >= 0.6 is 11.6 Å². The number of nitro benzene ring substituents is 2. The zero-order valence-electron chi connectivity index (χ0n) is 17.6. The summed E-state index contributed by atoms with van der Waals surface area (Å²) in [6.45, 7) is 1.14. The molecule has 1 aromatic carbocycles. The van der Waals surface area contributed by atoms with Crippen LogP contribution in [0.5, 0.6) is 0 Å². The van der Waals surface area contributed by atoms with Gasteiger partial charge in [0.1, 0.15) is 5.69 Å². The molecule has 0 bridgehead atoms. The number of anilines is 1. The first-order valence-electron chi connectivity index (χ1n) is 9.49. The minimum absolute atomic E-state index is 0.0314. The second kappa shape index (κ2) is 12.5. The van der Waals surface area contributed by atoms with Crippen molar-refractivity contribution < 1.29 is 32.3 Å². The van der Waals surface area contributed by atoms with Gasteiger partial charge in [-0.05, 0) is 13.3 Å². The Morgan fingerprint density at radius 3 is 2.31 bits per heavy atom. The van der Waals surface area contributed by atoms with Crippen molar-refractivity contribution in [2.24, 2.45) is 0 Å². The monoisotopic (exact) mass is 496 g/mol. The van der Waals surface area contributed by atoms with Crippen LogP contribution < -0.4 is 4.90 Å². The maximum absolute atomic E-state index is 13.2. The SMILES string of the molecule is CCN(CCCO)C(=O)c1cc([N+](=O)[O-])cc([N+](=O)[O-])c1N(CCCl)CCOS(C)(=O)=O. The van der Waals surface area contributed by atoms with Gasteiger partial charge in [0, 0.05) is 44.7 Å². The molecule has 0 radical (unpaired) electrons. The van der Waals surface area contributed by atoms with Crippen molar-refractivity contribution in [2.45, 2.75) is 13.3 Å². The minimum atomic E-state index is -3.80. The second-order valence-corrected chi connectivity index (χ2v) is 8.56. The zero-order valence-corrected chi connectivity index (χ0v) is 19.2. The Balaban J connectivity index is 3.66. The number of nitro groups is 2. The third-order valence-electron chi connectivity index (χ3n) is 4.30. The number of hydrogen-bond acceptors (Lipinski definition) is 10. The van der Waals surface area contributed by atoms with Gasteiger partial charge in [-0.25, -0.2) is 0 Å². The lowest BCUT2D eigenvalue weighted by Crippen LogP contribution is -2.36. The van der Waals surface area contributed by atoms with Crippen molar-refractivity contribution in [1.82, 2.24) is 4.90 Å². The van der Waals surface area contributed by atoms with E-state index in [1.165, 1.54) is 9.80 Å². The Labute approximate surface area is 189 Å². The number of amides is 1. The van der Waals surface area contributed by atoms with Gasteiger partial charge in [-0.2, -0.15) is 8.42 Å². The van der Waals surface area contributed by atoms with E-state index >= 15 is 0 Å². The molecule has 1 amide bonds. The smallest absolute Gasteiger partial charge is 0.300 e. The van der Waals surface area contributed by atoms with Gasteiger partial charge in [0.25, 0.3) is 27.4 Å². The molecule has 0 saturated carbocycles. The quantitative estimate of drug-likeness (QED) is 0.171. The normalized spacial score (nSPS) is 11.2. The third-order valence-corrected chi connectivity index (χ3v) is 5.06. The van der Waals surface area contributed by atoms with Crippen molar-refractivity contribution >= 4 is 44.7 Å². The number of rotatable bonds is 14. The molecule has 0 atom stereocenters. The Hall–Kier alpha value is -2.55. The Bertz CT molecular complexity index is 942. The number of non-ortho nitro benzene ring substituents is 1. The molecule has 15 heteroatoms. The van der Waals surface area contributed by atoms with E-state index in [0.717, 1.165) is 18.4 Å². The maximum Gasteiger partial charge on any atom is 0.300 e. The lowest BCUT2D eigenvalue weighted by atomic mass is 10.1. The topological polar surface area (TPSA) is 173 Å². The first-order valence-corrected chi connectivity index (χ1v) is 11.8. The molecular weight excluding hydrogens is 472 g/mol. The number of benzene rings is 1. The average molecular weight is 497 g/mol. The number of carbonyl (C=O) groups excluding carboxylic acids is 1. The average Bonchev–Trinajstić information content (AvgIpc) is 2.71. The van der Waals surface area contributed by atoms with E-state index in [2.05, 4.69) is 0 Å². The summed E-state index contributed by atoms with van der Waals surface area (Å²) in [6, 6.07) is 1.67. The molecule has 0 saturated heterocycles. The molecule has 0 fully saturated rings. The van der Waals surface area contributed by atoms with Gasteiger partial charge < -0.3 is 14.9 Å². The second-order valence-electron chi connectivity index (χ2n) is 6.54. The van der Waals surface area contributed by atoms with Gasteiger partial charge >= 0.3 is 0 Å². The van der Waals surface area contributed by atoms with Crippen molar-refractivity contribution in [3.8, 4) is 0 Å². The first kappa shape index (κ1) is 27.5. The lowest BCUT2D eigenvalue weighted by Gasteiger charge is -2.27. The maximum atomic E-state index is 13.2. The summed E-state index contributed by atoms with van der Waals surface area (Å²) >= 11 is 5.82. The van der Waals surface area contributed by atoms with Crippen LogP contribution in [0.1, 0.15) is 23.7 Å². The number of aliphatic hydroxyl groups is 1. The third kappa shape index (κ3) is 7.85. The van der Waals surface area contributed by atoms with Crippen LogP contribution in [0.2, 0.25) is 0 Å². The van der Waals surface area contributed by atoms with Crippen LogP contribution in [-0.4, -0.2) is 85.7 Å². The summed E-state index contributed by atoms with van der Waals surface area (Å²) in [4.78, 5) is 37.2.